The van der Waals surface area contributed by atoms with Crippen molar-refractivity contribution in [1.82, 2.24) is 25.3 Å². The summed E-state index contributed by atoms with van der Waals surface area (Å²) in [6.45, 7) is 5.95. The molecule has 0 atom stereocenters. The fourth-order valence-corrected chi connectivity index (χ4v) is 3.28. The molecule has 1 aromatic carbocycles. The number of para-hydroxylation sites is 1. The zero-order valence-corrected chi connectivity index (χ0v) is 15.8. The number of carbonyl (C=O) groups is 2. The van der Waals surface area contributed by atoms with E-state index >= 15 is 0 Å². The first-order valence-electron chi connectivity index (χ1n) is 9.51. The minimum atomic E-state index is -0.0917. The lowest BCUT2D eigenvalue weighted by Crippen LogP contribution is -2.29. The van der Waals surface area contributed by atoms with Gasteiger partial charge in [0.1, 0.15) is 0 Å². The molecule has 1 fully saturated rings. The SMILES string of the molecule is CC(=O)NCc1cnn(-c2ccccc2C(=O)NCCCN2CCCC2)c1. The maximum atomic E-state index is 12.6. The molecule has 1 aromatic heterocycles. The van der Waals surface area contributed by atoms with Gasteiger partial charge in [0.25, 0.3) is 5.91 Å². The van der Waals surface area contributed by atoms with Gasteiger partial charge in [0.2, 0.25) is 5.91 Å². The normalized spacial score (nSPS) is 14.3. The van der Waals surface area contributed by atoms with E-state index in [2.05, 4.69) is 20.6 Å². The van der Waals surface area contributed by atoms with Gasteiger partial charge < -0.3 is 15.5 Å². The standard InChI is InChI=1S/C20H27N5O2/c1-16(26)22-13-17-14-23-25(15-17)19-8-3-2-7-18(19)20(27)21-9-6-12-24-10-4-5-11-24/h2-3,7-8,14-15H,4-6,9-13H2,1H3,(H,21,27)(H,22,26). The van der Waals surface area contributed by atoms with Crippen LogP contribution in [0.3, 0.4) is 0 Å². The third kappa shape index (κ3) is 5.40. The fourth-order valence-electron chi connectivity index (χ4n) is 3.28. The number of likely N-dealkylation sites (tertiary alicyclic amines) is 1. The monoisotopic (exact) mass is 369 g/mol. The number of aromatic nitrogens is 2. The maximum absolute atomic E-state index is 12.6. The number of nitrogens with one attached hydrogen (secondary N) is 2. The van der Waals surface area contributed by atoms with Crippen LogP contribution in [0.15, 0.2) is 36.7 Å². The van der Waals surface area contributed by atoms with Crippen molar-refractivity contribution in [3.8, 4) is 5.69 Å². The Kier molecular flexibility index (Phi) is 6.59. The van der Waals surface area contributed by atoms with Crippen LogP contribution in [0.1, 0.15) is 42.1 Å². The lowest BCUT2D eigenvalue weighted by Gasteiger charge is -2.15. The van der Waals surface area contributed by atoms with Gasteiger partial charge >= 0.3 is 0 Å². The number of nitrogens with zero attached hydrogens (tertiary/aromatic N) is 3. The third-order valence-corrected chi connectivity index (χ3v) is 4.71. The molecule has 0 radical (unpaired) electrons. The van der Waals surface area contributed by atoms with E-state index in [1.54, 1.807) is 16.9 Å². The van der Waals surface area contributed by atoms with Crippen LogP contribution >= 0.6 is 0 Å². The number of hydrogen-bond acceptors (Lipinski definition) is 4. The molecule has 2 heterocycles. The zero-order valence-electron chi connectivity index (χ0n) is 15.8. The van der Waals surface area contributed by atoms with Crippen molar-refractivity contribution in [3.05, 3.63) is 47.8 Å². The van der Waals surface area contributed by atoms with Gasteiger partial charge in [-0.15, -0.1) is 0 Å². The lowest BCUT2D eigenvalue weighted by molar-refractivity contribution is -0.119. The molecule has 0 aliphatic carbocycles. The topological polar surface area (TPSA) is 79.3 Å². The van der Waals surface area contributed by atoms with Crippen molar-refractivity contribution in [2.24, 2.45) is 0 Å². The molecule has 0 spiro atoms. The largest absolute Gasteiger partial charge is 0.352 e. The average Bonchev–Trinajstić information content (AvgIpc) is 3.35. The van der Waals surface area contributed by atoms with Crippen molar-refractivity contribution in [3.63, 3.8) is 0 Å². The van der Waals surface area contributed by atoms with Crippen LogP contribution in [0.5, 0.6) is 0 Å². The van der Waals surface area contributed by atoms with E-state index in [1.165, 1.54) is 32.9 Å². The summed E-state index contributed by atoms with van der Waals surface area (Å²) < 4.78 is 1.68. The Morgan fingerprint density at radius 3 is 2.70 bits per heavy atom. The van der Waals surface area contributed by atoms with Gasteiger partial charge in [-0.1, -0.05) is 12.1 Å². The van der Waals surface area contributed by atoms with Crippen LogP contribution in [0.2, 0.25) is 0 Å². The van der Waals surface area contributed by atoms with E-state index in [4.69, 9.17) is 0 Å². The molecule has 144 valence electrons. The Bertz CT molecular complexity index is 780. The Morgan fingerprint density at radius 1 is 1.15 bits per heavy atom. The van der Waals surface area contributed by atoms with Gasteiger partial charge in [0.05, 0.1) is 17.4 Å². The van der Waals surface area contributed by atoms with Crippen LogP contribution < -0.4 is 10.6 Å². The number of benzene rings is 1. The highest BCUT2D eigenvalue weighted by Crippen LogP contribution is 2.15. The van der Waals surface area contributed by atoms with Crippen LogP contribution in [-0.4, -0.2) is 52.7 Å². The van der Waals surface area contributed by atoms with Gasteiger partial charge in [-0.2, -0.15) is 5.10 Å². The fraction of sp³-hybridized carbons (Fsp3) is 0.450. The second kappa shape index (κ2) is 9.32. The van der Waals surface area contributed by atoms with Crippen LogP contribution in [0.25, 0.3) is 5.69 Å². The quantitative estimate of drug-likeness (QED) is 0.695. The van der Waals surface area contributed by atoms with Crippen molar-refractivity contribution < 1.29 is 9.59 Å². The molecular formula is C20H27N5O2. The van der Waals surface area contributed by atoms with E-state index in [0.29, 0.717) is 18.7 Å². The molecule has 27 heavy (non-hydrogen) atoms. The molecule has 1 aliphatic rings. The number of carbonyl (C=O) groups excluding carboxylic acids is 2. The molecule has 7 nitrogen and oxygen atoms in total. The average molecular weight is 369 g/mol. The first-order chi connectivity index (χ1) is 13.1. The summed E-state index contributed by atoms with van der Waals surface area (Å²) in [5.41, 5.74) is 2.20. The van der Waals surface area contributed by atoms with Crippen LogP contribution in [0, 0.1) is 0 Å². The van der Waals surface area contributed by atoms with Gasteiger partial charge in [-0.25, -0.2) is 4.68 Å². The summed E-state index contributed by atoms with van der Waals surface area (Å²) in [6, 6.07) is 7.41. The van der Waals surface area contributed by atoms with Crippen molar-refractivity contribution in [2.75, 3.05) is 26.2 Å². The Balaban J connectivity index is 1.59. The Morgan fingerprint density at radius 2 is 1.93 bits per heavy atom. The highest BCUT2D eigenvalue weighted by molar-refractivity contribution is 5.97. The summed E-state index contributed by atoms with van der Waals surface area (Å²) >= 11 is 0. The molecule has 1 aliphatic heterocycles. The predicted molar refractivity (Wildman–Crippen MR) is 104 cm³/mol. The highest BCUT2D eigenvalue weighted by atomic mass is 16.2. The molecule has 0 bridgehead atoms. The van der Waals surface area contributed by atoms with Crippen LogP contribution in [0.4, 0.5) is 0 Å². The molecule has 0 unspecified atom stereocenters. The summed E-state index contributed by atoms with van der Waals surface area (Å²) in [4.78, 5) is 26.1. The van der Waals surface area contributed by atoms with E-state index in [9.17, 15) is 9.59 Å². The summed E-state index contributed by atoms with van der Waals surface area (Å²) in [7, 11) is 0. The lowest BCUT2D eigenvalue weighted by atomic mass is 10.1. The molecule has 0 saturated carbocycles. The summed E-state index contributed by atoms with van der Waals surface area (Å²) in [5.74, 6) is -0.178. The smallest absolute Gasteiger partial charge is 0.253 e. The third-order valence-electron chi connectivity index (χ3n) is 4.71. The van der Waals surface area contributed by atoms with Crippen molar-refractivity contribution >= 4 is 11.8 Å². The second-order valence-corrected chi connectivity index (χ2v) is 6.88. The van der Waals surface area contributed by atoms with Gasteiger partial charge in [-0.3, -0.25) is 9.59 Å². The predicted octanol–water partition coefficient (Wildman–Crippen LogP) is 1.72. The number of hydrogen-bond donors (Lipinski definition) is 2. The minimum Gasteiger partial charge on any atom is -0.352 e. The molecule has 7 heteroatoms. The van der Waals surface area contributed by atoms with Crippen molar-refractivity contribution in [1.29, 1.82) is 0 Å². The second-order valence-electron chi connectivity index (χ2n) is 6.88. The van der Waals surface area contributed by atoms with E-state index < -0.39 is 0 Å². The molecule has 3 rings (SSSR count). The van der Waals surface area contributed by atoms with Gasteiger partial charge in [0.15, 0.2) is 0 Å². The Hall–Kier alpha value is -2.67. The zero-order chi connectivity index (χ0) is 19.1. The Labute approximate surface area is 159 Å². The molecule has 2 N–H and O–H groups in total. The van der Waals surface area contributed by atoms with Gasteiger partial charge in [-0.05, 0) is 51.0 Å². The first kappa shape index (κ1) is 19.1. The molecule has 2 amide bonds. The maximum Gasteiger partial charge on any atom is 0.253 e. The highest BCUT2D eigenvalue weighted by Gasteiger charge is 2.14. The molecule has 1 saturated heterocycles. The molecule has 2 aromatic rings. The van der Waals surface area contributed by atoms with E-state index in [-0.39, 0.29) is 11.8 Å². The number of rotatable bonds is 8. The summed E-state index contributed by atoms with van der Waals surface area (Å²) in [6.07, 6.45) is 7.05. The first-order valence-corrected chi connectivity index (χ1v) is 9.51. The van der Waals surface area contributed by atoms with Gasteiger partial charge in [0, 0.05) is 31.8 Å². The summed E-state index contributed by atoms with van der Waals surface area (Å²) in [5, 5.41) is 10.1. The number of amides is 2. The van der Waals surface area contributed by atoms with Crippen LogP contribution in [-0.2, 0) is 11.3 Å². The molecular weight excluding hydrogens is 342 g/mol. The van der Waals surface area contributed by atoms with E-state index in [0.717, 1.165) is 24.2 Å². The minimum absolute atomic E-state index is 0.0866. The van der Waals surface area contributed by atoms with E-state index in [1.807, 2.05) is 24.4 Å². The van der Waals surface area contributed by atoms with Crippen molar-refractivity contribution in [2.45, 2.75) is 32.7 Å².